The van der Waals surface area contributed by atoms with E-state index in [1.54, 1.807) is 4.68 Å². The molecule has 0 spiro atoms. The highest BCUT2D eigenvalue weighted by atomic mass is 16.1. The third kappa shape index (κ3) is 2.94. The van der Waals surface area contributed by atoms with Crippen molar-refractivity contribution >= 4 is 17.5 Å². The number of nitrogens with zero attached hydrogens (tertiary/aromatic N) is 4. The van der Waals surface area contributed by atoms with Crippen LogP contribution in [-0.4, -0.2) is 39.8 Å². The van der Waals surface area contributed by atoms with E-state index in [1.165, 1.54) is 6.92 Å². The van der Waals surface area contributed by atoms with Crippen LogP contribution in [0.25, 0.3) is 5.69 Å². The number of carbonyl (C=O) groups excluding carboxylic acids is 2. The first-order valence-electron chi connectivity index (χ1n) is 7.64. The van der Waals surface area contributed by atoms with Crippen LogP contribution in [0.4, 0.5) is 5.82 Å². The van der Waals surface area contributed by atoms with Crippen molar-refractivity contribution < 1.29 is 9.59 Å². The summed E-state index contributed by atoms with van der Waals surface area (Å²) in [5, 5.41) is 8.20. The van der Waals surface area contributed by atoms with Gasteiger partial charge < -0.3 is 10.6 Å². The minimum atomic E-state index is -0.258. The Morgan fingerprint density at radius 1 is 1.17 bits per heavy atom. The van der Waals surface area contributed by atoms with Crippen molar-refractivity contribution in [3.8, 4) is 5.69 Å². The number of para-hydroxylation sites is 1. The highest BCUT2D eigenvalue weighted by Gasteiger charge is 2.29. The van der Waals surface area contributed by atoms with Gasteiger partial charge in [0.05, 0.1) is 5.69 Å². The standard InChI is InChI=1S/C16H19N5O2/c1-11(22)14-16(20-9-7-12(8-10-20)15(17)23)21(19-18-14)13-5-3-2-4-6-13/h2-6,12H,7-10H2,1H3,(H2,17,23). The summed E-state index contributed by atoms with van der Waals surface area (Å²) in [6.07, 6.45) is 1.35. The molecular weight excluding hydrogens is 294 g/mol. The molecule has 1 aliphatic rings. The summed E-state index contributed by atoms with van der Waals surface area (Å²) in [5.41, 5.74) is 6.59. The van der Waals surface area contributed by atoms with Gasteiger partial charge in [-0.05, 0) is 25.0 Å². The number of benzene rings is 1. The van der Waals surface area contributed by atoms with Crippen LogP contribution in [0.3, 0.4) is 0 Å². The molecule has 0 aliphatic carbocycles. The number of carbonyl (C=O) groups is 2. The highest BCUT2D eigenvalue weighted by molar-refractivity contribution is 5.97. The predicted molar refractivity (Wildman–Crippen MR) is 85.5 cm³/mol. The molecule has 7 nitrogen and oxygen atoms in total. The van der Waals surface area contributed by atoms with Crippen molar-refractivity contribution in [2.24, 2.45) is 11.7 Å². The number of ketones is 1. The van der Waals surface area contributed by atoms with Gasteiger partial charge in [-0.15, -0.1) is 5.10 Å². The molecule has 3 rings (SSSR count). The predicted octanol–water partition coefficient (Wildman–Crippen LogP) is 1.17. The van der Waals surface area contributed by atoms with E-state index in [0.29, 0.717) is 37.4 Å². The molecule has 0 saturated carbocycles. The normalized spacial score (nSPS) is 15.6. The Bertz CT molecular complexity index is 717. The third-order valence-electron chi connectivity index (χ3n) is 4.18. The van der Waals surface area contributed by atoms with Gasteiger partial charge in [0.25, 0.3) is 0 Å². The molecule has 1 aliphatic heterocycles. The quantitative estimate of drug-likeness (QED) is 0.855. The maximum atomic E-state index is 11.9. The lowest BCUT2D eigenvalue weighted by Gasteiger charge is -2.32. The molecule has 1 aromatic carbocycles. The Hall–Kier alpha value is -2.70. The van der Waals surface area contributed by atoms with Crippen LogP contribution in [0.2, 0.25) is 0 Å². The van der Waals surface area contributed by atoms with E-state index in [0.717, 1.165) is 5.69 Å². The third-order valence-corrected chi connectivity index (χ3v) is 4.18. The zero-order chi connectivity index (χ0) is 16.4. The number of hydrogen-bond donors (Lipinski definition) is 1. The molecular formula is C16H19N5O2. The second kappa shape index (κ2) is 6.20. The van der Waals surface area contributed by atoms with Gasteiger partial charge in [0, 0.05) is 25.9 Å². The van der Waals surface area contributed by atoms with Crippen LogP contribution >= 0.6 is 0 Å². The molecule has 1 aromatic heterocycles. The largest absolute Gasteiger partial charge is 0.369 e. The topological polar surface area (TPSA) is 94.1 Å². The number of nitrogens with two attached hydrogens (primary N) is 1. The molecule has 1 amide bonds. The molecule has 23 heavy (non-hydrogen) atoms. The van der Waals surface area contributed by atoms with E-state index < -0.39 is 0 Å². The van der Waals surface area contributed by atoms with E-state index in [2.05, 4.69) is 15.2 Å². The van der Waals surface area contributed by atoms with Crippen LogP contribution in [0, 0.1) is 5.92 Å². The van der Waals surface area contributed by atoms with Gasteiger partial charge in [-0.3, -0.25) is 9.59 Å². The van der Waals surface area contributed by atoms with E-state index >= 15 is 0 Å². The van der Waals surface area contributed by atoms with Crippen LogP contribution in [0.5, 0.6) is 0 Å². The van der Waals surface area contributed by atoms with Gasteiger partial charge in [-0.25, -0.2) is 0 Å². The average Bonchev–Trinajstić information content (AvgIpc) is 3.01. The molecule has 120 valence electrons. The monoisotopic (exact) mass is 313 g/mol. The lowest BCUT2D eigenvalue weighted by atomic mass is 9.96. The second-order valence-electron chi connectivity index (χ2n) is 5.73. The van der Waals surface area contributed by atoms with Crippen molar-refractivity contribution in [2.45, 2.75) is 19.8 Å². The number of anilines is 1. The molecule has 1 saturated heterocycles. The second-order valence-corrected chi connectivity index (χ2v) is 5.73. The van der Waals surface area contributed by atoms with Crippen molar-refractivity contribution in [3.63, 3.8) is 0 Å². The number of primary amides is 1. The maximum absolute atomic E-state index is 11.9. The zero-order valence-corrected chi connectivity index (χ0v) is 13.0. The van der Waals surface area contributed by atoms with Gasteiger partial charge in [0.15, 0.2) is 17.3 Å². The first-order chi connectivity index (χ1) is 11.1. The van der Waals surface area contributed by atoms with Crippen molar-refractivity contribution in [2.75, 3.05) is 18.0 Å². The molecule has 0 bridgehead atoms. The van der Waals surface area contributed by atoms with Crippen molar-refractivity contribution in [3.05, 3.63) is 36.0 Å². The Balaban J connectivity index is 1.96. The summed E-state index contributed by atoms with van der Waals surface area (Å²) in [7, 11) is 0. The van der Waals surface area contributed by atoms with Crippen LogP contribution in [0.1, 0.15) is 30.3 Å². The molecule has 0 unspecified atom stereocenters. The van der Waals surface area contributed by atoms with Gasteiger partial charge in [-0.2, -0.15) is 4.68 Å². The molecule has 1 fully saturated rings. The number of amides is 1. The minimum Gasteiger partial charge on any atom is -0.369 e. The molecule has 0 radical (unpaired) electrons. The van der Waals surface area contributed by atoms with Crippen molar-refractivity contribution in [1.82, 2.24) is 15.0 Å². The van der Waals surface area contributed by atoms with E-state index in [9.17, 15) is 9.59 Å². The lowest BCUT2D eigenvalue weighted by Crippen LogP contribution is -2.40. The fourth-order valence-electron chi connectivity index (χ4n) is 2.91. The first kappa shape index (κ1) is 15.2. The number of Topliss-reactive ketones (excluding diaryl/α,β-unsaturated/α-hetero) is 1. The minimum absolute atomic E-state index is 0.104. The van der Waals surface area contributed by atoms with Gasteiger partial charge >= 0.3 is 0 Å². The number of hydrogen-bond acceptors (Lipinski definition) is 5. The van der Waals surface area contributed by atoms with Gasteiger partial charge in [0.2, 0.25) is 5.91 Å². The Kier molecular flexibility index (Phi) is 4.10. The number of rotatable bonds is 4. The molecule has 0 atom stereocenters. The number of aromatic nitrogens is 3. The molecule has 2 aromatic rings. The summed E-state index contributed by atoms with van der Waals surface area (Å²) < 4.78 is 1.68. The highest BCUT2D eigenvalue weighted by Crippen LogP contribution is 2.27. The van der Waals surface area contributed by atoms with E-state index in [1.807, 2.05) is 30.3 Å². The smallest absolute Gasteiger partial charge is 0.220 e. The SMILES string of the molecule is CC(=O)c1nnn(-c2ccccc2)c1N1CCC(C(N)=O)CC1. The summed E-state index contributed by atoms with van der Waals surface area (Å²) in [5.74, 6) is 0.199. The van der Waals surface area contributed by atoms with Gasteiger partial charge in [0.1, 0.15) is 0 Å². The van der Waals surface area contributed by atoms with E-state index in [-0.39, 0.29) is 17.6 Å². The maximum Gasteiger partial charge on any atom is 0.220 e. The number of piperidine rings is 1. The fraction of sp³-hybridized carbons (Fsp3) is 0.375. The van der Waals surface area contributed by atoms with Gasteiger partial charge in [-0.1, -0.05) is 23.4 Å². The Labute approximate surface area is 134 Å². The zero-order valence-electron chi connectivity index (χ0n) is 13.0. The molecule has 2 heterocycles. The molecule has 7 heteroatoms. The lowest BCUT2D eigenvalue weighted by molar-refractivity contribution is -0.122. The fourth-order valence-corrected chi connectivity index (χ4v) is 2.91. The first-order valence-corrected chi connectivity index (χ1v) is 7.64. The van der Waals surface area contributed by atoms with E-state index in [4.69, 9.17) is 5.73 Å². The summed E-state index contributed by atoms with van der Waals surface area (Å²) >= 11 is 0. The average molecular weight is 313 g/mol. The van der Waals surface area contributed by atoms with Crippen LogP contribution in [-0.2, 0) is 4.79 Å². The Morgan fingerprint density at radius 2 is 1.83 bits per heavy atom. The summed E-state index contributed by atoms with van der Waals surface area (Å²) in [6, 6.07) is 9.57. The molecule has 2 N–H and O–H groups in total. The summed E-state index contributed by atoms with van der Waals surface area (Å²) in [4.78, 5) is 25.3. The Morgan fingerprint density at radius 3 is 2.39 bits per heavy atom. The van der Waals surface area contributed by atoms with Crippen LogP contribution in [0.15, 0.2) is 30.3 Å². The summed E-state index contributed by atoms with van der Waals surface area (Å²) in [6.45, 7) is 2.78. The van der Waals surface area contributed by atoms with Crippen molar-refractivity contribution in [1.29, 1.82) is 0 Å². The van der Waals surface area contributed by atoms with Crippen LogP contribution < -0.4 is 10.6 Å².